The van der Waals surface area contributed by atoms with Crippen LogP contribution in [0.15, 0.2) is 53.1 Å². The van der Waals surface area contributed by atoms with E-state index in [9.17, 15) is 23.5 Å². The molecule has 200 valence electrons. The Hall–Kier alpha value is -3.92. The van der Waals surface area contributed by atoms with Crippen LogP contribution in [-0.4, -0.2) is 45.9 Å². The van der Waals surface area contributed by atoms with Gasteiger partial charge >= 0.3 is 12.1 Å². The molecule has 2 heterocycles. The van der Waals surface area contributed by atoms with Crippen molar-refractivity contribution in [2.45, 2.75) is 33.0 Å². The summed E-state index contributed by atoms with van der Waals surface area (Å²) in [6.07, 6.45) is 1.13. The van der Waals surface area contributed by atoms with Crippen LogP contribution in [0.25, 0.3) is 16.8 Å². The monoisotopic (exact) mass is 546 g/mol. The first-order chi connectivity index (χ1) is 17.9. The fourth-order valence-electron chi connectivity index (χ4n) is 3.91. The summed E-state index contributed by atoms with van der Waals surface area (Å²) in [5, 5.41) is 13.1. The fraction of sp³-hybridized carbons (Fsp3) is 0.296. The predicted molar refractivity (Wildman–Crippen MR) is 135 cm³/mol. The zero-order valence-electron chi connectivity index (χ0n) is 20.8. The first-order valence-electron chi connectivity index (χ1n) is 11.7. The number of hydrogen-bond acceptors (Lipinski definition) is 6. The van der Waals surface area contributed by atoms with Crippen molar-refractivity contribution in [1.29, 1.82) is 0 Å². The number of amides is 1. The Morgan fingerprint density at radius 2 is 1.84 bits per heavy atom. The summed E-state index contributed by atoms with van der Waals surface area (Å²) < 4.78 is 44.1. The van der Waals surface area contributed by atoms with Gasteiger partial charge in [-0.1, -0.05) is 35.0 Å². The Bertz CT molecular complexity index is 1380. The molecule has 0 spiro atoms. The van der Waals surface area contributed by atoms with Crippen LogP contribution in [-0.2, 0) is 16.1 Å². The molecule has 0 radical (unpaired) electrons. The standard InChI is InChI=1S/C27H25ClF2N2O6/c1-27(2,3)37-26(35)32-11-10-18(19(13-32)25(33)34)15-4-6-16(7-5-15)36-14-17-12-22(31-38-17)23-20(29)8-9-21(30)24(23)28/h4-10,12,19H,11,13-14H2,1-3H3,(H,33,34). The molecule has 0 saturated heterocycles. The third kappa shape index (κ3) is 6.13. The summed E-state index contributed by atoms with van der Waals surface area (Å²) in [7, 11) is 0. The van der Waals surface area contributed by atoms with Gasteiger partial charge in [0, 0.05) is 19.2 Å². The molecule has 2 aromatic carbocycles. The van der Waals surface area contributed by atoms with Crippen LogP contribution in [0, 0.1) is 17.6 Å². The van der Waals surface area contributed by atoms with Crippen LogP contribution in [0.3, 0.4) is 0 Å². The largest absolute Gasteiger partial charge is 0.486 e. The van der Waals surface area contributed by atoms with Gasteiger partial charge in [-0.05, 0) is 56.2 Å². The zero-order chi connectivity index (χ0) is 27.6. The van der Waals surface area contributed by atoms with Crippen molar-refractivity contribution in [2.24, 2.45) is 5.92 Å². The van der Waals surface area contributed by atoms with E-state index in [0.29, 0.717) is 16.9 Å². The Balaban J connectivity index is 1.43. The molecule has 38 heavy (non-hydrogen) atoms. The average molecular weight is 547 g/mol. The van der Waals surface area contributed by atoms with Gasteiger partial charge in [-0.2, -0.15) is 0 Å². The van der Waals surface area contributed by atoms with Crippen LogP contribution < -0.4 is 4.74 Å². The minimum atomic E-state index is -1.05. The van der Waals surface area contributed by atoms with Gasteiger partial charge in [0.05, 0.1) is 16.5 Å². The van der Waals surface area contributed by atoms with E-state index in [0.717, 1.165) is 12.1 Å². The fourth-order valence-corrected chi connectivity index (χ4v) is 4.16. The predicted octanol–water partition coefficient (Wildman–Crippen LogP) is 6.19. The van der Waals surface area contributed by atoms with Gasteiger partial charge in [0.2, 0.25) is 0 Å². The molecule has 3 aromatic rings. The first kappa shape index (κ1) is 27.1. The van der Waals surface area contributed by atoms with Crippen LogP contribution in [0.4, 0.5) is 13.6 Å². The highest BCUT2D eigenvalue weighted by Crippen LogP contribution is 2.33. The second-order valence-electron chi connectivity index (χ2n) is 9.65. The Labute approximate surface area is 222 Å². The van der Waals surface area contributed by atoms with Crippen molar-refractivity contribution in [1.82, 2.24) is 10.1 Å². The molecule has 1 amide bonds. The number of aromatic nitrogens is 1. The molecule has 1 aromatic heterocycles. The first-order valence-corrected chi connectivity index (χ1v) is 12.0. The summed E-state index contributed by atoms with van der Waals surface area (Å²) >= 11 is 5.88. The molecule has 1 aliphatic rings. The van der Waals surface area contributed by atoms with E-state index in [2.05, 4.69) is 5.16 Å². The maximum Gasteiger partial charge on any atom is 0.410 e. The SMILES string of the molecule is CC(C)(C)OC(=O)N1CC=C(c2ccc(OCc3cc(-c4c(F)ccc(F)c4Cl)no3)cc2)C(C(=O)O)C1. The minimum Gasteiger partial charge on any atom is -0.486 e. The third-order valence-corrected chi connectivity index (χ3v) is 6.06. The normalized spacial score (nSPS) is 15.7. The van der Waals surface area contributed by atoms with Crippen molar-refractivity contribution in [2.75, 3.05) is 13.1 Å². The highest BCUT2D eigenvalue weighted by Gasteiger charge is 2.33. The lowest BCUT2D eigenvalue weighted by molar-refractivity contribution is -0.140. The Kier molecular flexibility index (Phi) is 7.73. The quantitative estimate of drug-likeness (QED) is 0.368. The molecule has 4 rings (SSSR count). The van der Waals surface area contributed by atoms with Gasteiger partial charge in [-0.3, -0.25) is 4.79 Å². The van der Waals surface area contributed by atoms with E-state index < -0.39 is 40.2 Å². The summed E-state index contributed by atoms with van der Waals surface area (Å²) in [4.78, 5) is 25.7. The highest BCUT2D eigenvalue weighted by atomic mass is 35.5. The molecule has 1 atom stereocenters. The van der Waals surface area contributed by atoms with Crippen LogP contribution >= 0.6 is 11.6 Å². The third-order valence-electron chi connectivity index (χ3n) is 5.69. The van der Waals surface area contributed by atoms with Crippen molar-refractivity contribution in [3.05, 3.63) is 76.5 Å². The number of rotatable bonds is 6. The minimum absolute atomic E-state index is 0.0158. The summed E-state index contributed by atoms with van der Waals surface area (Å²) in [6.45, 7) is 5.39. The molecule has 1 unspecified atom stereocenters. The van der Waals surface area contributed by atoms with Crippen molar-refractivity contribution < 1.29 is 37.5 Å². The van der Waals surface area contributed by atoms with E-state index in [1.165, 1.54) is 11.0 Å². The van der Waals surface area contributed by atoms with E-state index in [1.54, 1.807) is 51.1 Å². The van der Waals surface area contributed by atoms with Gasteiger partial charge in [0.15, 0.2) is 5.76 Å². The van der Waals surface area contributed by atoms with E-state index in [-0.39, 0.29) is 36.7 Å². The second-order valence-corrected chi connectivity index (χ2v) is 10.0. The molecule has 1 aliphatic heterocycles. The lowest BCUT2D eigenvalue weighted by Crippen LogP contribution is -2.44. The number of nitrogens with zero attached hydrogens (tertiary/aromatic N) is 2. The lowest BCUT2D eigenvalue weighted by atomic mass is 9.89. The summed E-state index contributed by atoms with van der Waals surface area (Å²) in [5.41, 5.74) is 0.394. The molecular weight excluding hydrogens is 522 g/mol. The molecule has 0 aliphatic carbocycles. The highest BCUT2D eigenvalue weighted by molar-refractivity contribution is 6.33. The molecule has 1 N–H and O–H groups in total. The zero-order valence-corrected chi connectivity index (χ0v) is 21.6. The van der Waals surface area contributed by atoms with Crippen LogP contribution in [0.1, 0.15) is 32.1 Å². The summed E-state index contributed by atoms with van der Waals surface area (Å²) in [6, 6.07) is 10.0. The number of halogens is 3. The summed E-state index contributed by atoms with van der Waals surface area (Å²) in [5.74, 6) is -2.78. The molecule has 11 heteroatoms. The van der Waals surface area contributed by atoms with Gasteiger partial charge < -0.3 is 24.0 Å². The number of benzene rings is 2. The van der Waals surface area contributed by atoms with Gasteiger partial charge in [-0.15, -0.1) is 0 Å². The number of aliphatic carboxylic acids is 1. The number of carboxylic acids is 1. The number of carbonyl (C=O) groups excluding carboxylic acids is 1. The van der Waals surface area contributed by atoms with Crippen molar-refractivity contribution in [3.8, 4) is 17.0 Å². The maximum atomic E-state index is 14.1. The molecule has 0 fully saturated rings. The molecular formula is C27H25ClF2N2O6. The second kappa shape index (κ2) is 10.8. The molecule has 8 nitrogen and oxygen atoms in total. The van der Waals surface area contributed by atoms with Crippen molar-refractivity contribution >= 4 is 29.2 Å². The van der Waals surface area contributed by atoms with Gasteiger partial charge in [0.25, 0.3) is 0 Å². The van der Waals surface area contributed by atoms with Gasteiger partial charge in [-0.25, -0.2) is 13.6 Å². The maximum absolute atomic E-state index is 14.1. The average Bonchev–Trinajstić information content (AvgIpc) is 3.32. The number of ether oxygens (including phenoxy) is 2. The molecule has 0 bridgehead atoms. The lowest BCUT2D eigenvalue weighted by Gasteiger charge is -2.32. The van der Waals surface area contributed by atoms with Crippen LogP contribution in [0.2, 0.25) is 5.02 Å². The number of carboxylic acid groups (broad SMARTS) is 1. The molecule has 0 saturated carbocycles. The van der Waals surface area contributed by atoms with Crippen molar-refractivity contribution in [3.63, 3.8) is 0 Å². The number of hydrogen-bond donors (Lipinski definition) is 1. The Morgan fingerprint density at radius 3 is 2.50 bits per heavy atom. The Morgan fingerprint density at radius 1 is 1.16 bits per heavy atom. The smallest absolute Gasteiger partial charge is 0.410 e. The topological polar surface area (TPSA) is 102 Å². The van der Waals surface area contributed by atoms with Gasteiger partial charge in [0.1, 0.15) is 35.3 Å². The van der Waals surface area contributed by atoms with Crippen LogP contribution in [0.5, 0.6) is 5.75 Å². The van der Waals surface area contributed by atoms with E-state index in [1.807, 2.05) is 0 Å². The number of carbonyl (C=O) groups is 2. The van der Waals surface area contributed by atoms with E-state index in [4.69, 9.17) is 25.6 Å². The van der Waals surface area contributed by atoms with E-state index >= 15 is 0 Å².